The Hall–Kier alpha value is -1.55. The Morgan fingerprint density at radius 1 is 1.24 bits per heavy atom. The van der Waals surface area contributed by atoms with Crippen LogP contribution in [0.15, 0.2) is 35.2 Å². The maximum absolute atomic E-state index is 13.8. The van der Waals surface area contributed by atoms with Crippen LogP contribution in [0.4, 0.5) is 4.39 Å². The summed E-state index contributed by atoms with van der Waals surface area (Å²) < 4.78 is 25.4. The molecule has 0 fully saturated rings. The van der Waals surface area contributed by atoms with Crippen LogP contribution in [0, 0.1) is 5.82 Å². The molecule has 2 rings (SSSR count). The van der Waals surface area contributed by atoms with E-state index in [1.54, 1.807) is 18.2 Å². The number of ketones is 1. The molecule has 2 nitrogen and oxygen atoms in total. The zero-order chi connectivity index (χ0) is 12.6. The van der Waals surface area contributed by atoms with Gasteiger partial charge in [-0.3, -0.25) is 9.00 Å². The van der Waals surface area contributed by atoms with E-state index in [1.807, 2.05) is 0 Å². The number of carbonyl (C=O) groups is 1. The predicted molar refractivity (Wildman–Crippen MR) is 66.2 cm³/mol. The van der Waals surface area contributed by atoms with Gasteiger partial charge in [0.25, 0.3) is 0 Å². The molecule has 2 aromatic rings. The SMILES string of the molecule is CC(=O)c1ccc(S(C)=O)c2cccc(F)c12. The average Bonchev–Trinajstić information content (AvgIpc) is 2.27. The van der Waals surface area contributed by atoms with Gasteiger partial charge >= 0.3 is 0 Å². The van der Waals surface area contributed by atoms with Crippen LogP contribution in [0.1, 0.15) is 17.3 Å². The number of hydrogen-bond donors (Lipinski definition) is 0. The monoisotopic (exact) mass is 250 g/mol. The van der Waals surface area contributed by atoms with E-state index in [9.17, 15) is 13.4 Å². The summed E-state index contributed by atoms with van der Waals surface area (Å²) in [6.07, 6.45) is 1.53. The van der Waals surface area contributed by atoms with Crippen molar-refractivity contribution in [1.82, 2.24) is 0 Å². The Morgan fingerprint density at radius 2 is 1.94 bits per heavy atom. The Kier molecular flexibility index (Phi) is 3.07. The molecule has 17 heavy (non-hydrogen) atoms. The third kappa shape index (κ3) is 2.00. The second-order valence-corrected chi connectivity index (χ2v) is 5.13. The predicted octanol–water partition coefficient (Wildman–Crippen LogP) is 2.92. The number of benzene rings is 2. The van der Waals surface area contributed by atoms with Crippen LogP contribution in [0.5, 0.6) is 0 Å². The van der Waals surface area contributed by atoms with Crippen molar-refractivity contribution in [2.75, 3.05) is 6.26 Å². The first-order valence-electron chi connectivity index (χ1n) is 5.08. The Morgan fingerprint density at radius 3 is 2.53 bits per heavy atom. The summed E-state index contributed by atoms with van der Waals surface area (Å²) in [5.41, 5.74) is 0.326. The van der Waals surface area contributed by atoms with Crippen molar-refractivity contribution in [3.05, 3.63) is 41.7 Å². The van der Waals surface area contributed by atoms with Gasteiger partial charge in [0.15, 0.2) is 5.78 Å². The number of fused-ring (bicyclic) bond motifs is 1. The van der Waals surface area contributed by atoms with Gasteiger partial charge in [-0.05, 0) is 25.1 Å². The Labute approximate surface area is 101 Å². The minimum Gasteiger partial charge on any atom is -0.294 e. The molecule has 1 unspecified atom stereocenters. The zero-order valence-corrected chi connectivity index (χ0v) is 10.3. The first-order valence-corrected chi connectivity index (χ1v) is 6.63. The Balaban J connectivity index is 2.96. The number of carbonyl (C=O) groups excluding carboxylic acids is 1. The molecular weight excluding hydrogens is 239 g/mol. The van der Waals surface area contributed by atoms with E-state index in [1.165, 1.54) is 25.3 Å². The fourth-order valence-corrected chi connectivity index (χ4v) is 2.62. The number of halogens is 1. The highest BCUT2D eigenvalue weighted by molar-refractivity contribution is 7.84. The van der Waals surface area contributed by atoms with E-state index in [0.717, 1.165) is 0 Å². The lowest BCUT2D eigenvalue weighted by atomic mass is 10.0. The van der Waals surface area contributed by atoms with Crippen LogP contribution in [0.3, 0.4) is 0 Å². The van der Waals surface area contributed by atoms with Crippen LogP contribution in [-0.4, -0.2) is 16.2 Å². The van der Waals surface area contributed by atoms with Gasteiger partial charge in [0.1, 0.15) is 5.82 Å². The summed E-state index contributed by atoms with van der Waals surface area (Å²) in [4.78, 5) is 12.0. The summed E-state index contributed by atoms with van der Waals surface area (Å²) in [5, 5.41) is 0.797. The van der Waals surface area contributed by atoms with Gasteiger partial charge in [-0.15, -0.1) is 0 Å². The van der Waals surface area contributed by atoms with Gasteiger partial charge in [0.05, 0.1) is 10.8 Å². The molecule has 0 aliphatic heterocycles. The van der Waals surface area contributed by atoms with Crippen molar-refractivity contribution in [1.29, 1.82) is 0 Å². The van der Waals surface area contributed by atoms with Crippen LogP contribution in [0.2, 0.25) is 0 Å². The molecule has 0 aliphatic carbocycles. The highest BCUT2D eigenvalue weighted by atomic mass is 32.2. The maximum atomic E-state index is 13.8. The number of rotatable bonds is 2. The lowest BCUT2D eigenvalue weighted by molar-refractivity contribution is 0.101. The largest absolute Gasteiger partial charge is 0.294 e. The summed E-state index contributed by atoms with van der Waals surface area (Å²) >= 11 is 0. The highest BCUT2D eigenvalue weighted by Gasteiger charge is 2.14. The second kappa shape index (κ2) is 4.37. The highest BCUT2D eigenvalue weighted by Crippen LogP contribution is 2.27. The number of Topliss-reactive ketones (excluding diaryl/α,β-unsaturated/α-hetero) is 1. The van der Waals surface area contributed by atoms with Gasteiger partial charge in [0.2, 0.25) is 0 Å². The molecule has 0 aliphatic rings. The normalized spacial score (nSPS) is 12.6. The minimum atomic E-state index is -1.21. The molecule has 1 atom stereocenters. The first kappa shape index (κ1) is 11.9. The second-order valence-electron chi connectivity index (χ2n) is 3.78. The van der Waals surface area contributed by atoms with Gasteiger partial charge in [-0.2, -0.15) is 0 Å². The van der Waals surface area contributed by atoms with Crippen LogP contribution in [-0.2, 0) is 10.8 Å². The van der Waals surface area contributed by atoms with Gasteiger partial charge < -0.3 is 0 Å². The van der Waals surface area contributed by atoms with Crippen molar-refractivity contribution < 1.29 is 13.4 Å². The maximum Gasteiger partial charge on any atom is 0.160 e. The van der Waals surface area contributed by atoms with Gasteiger partial charge in [0, 0.05) is 27.5 Å². The molecule has 0 amide bonds. The van der Waals surface area contributed by atoms with Gasteiger partial charge in [-0.25, -0.2) is 4.39 Å². The van der Waals surface area contributed by atoms with E-state index in [-0.39, 0.29) is 11.2 Å². The molecule has 0 aromatic heterocycles. The summed E-state index contributed by atoms with van der Waals surface area (Å²) in [6.45, 7) is 1.39. The molecule has 0 radical (unpaired) electrons. The summed E-state index contributed by atoms with van der Waals surface area (Å²) in [6, 6.07) is 7.69. The standard InChI is InChI=1S/C13H11FO2S/c1-8(15)9-6-7-12(17(2)16)10-4-3-5-11(14)13(9)10/h3-7H,1-2H3. The summed E-state index contributed by atoms with van der Waals surface area (Å²) in [7, 11) is -1.21. The van der Waals surface area contributed by atoms with E-state index < -0.39 is 16.6 Å². The van der Waals surface area contributed by atoms with E-state index in [2.05, 4.69) is 0 Å². The van der Waals surface area contributed by atoms with E-state index in [4.69, 9.17) is 0 Å². The molecule has 0 spiro atoms. The zero-order valence-electron chi connectivity index (χ0n) is 9.49. The molecular formula is C13H11FO2S. The molecule has 0 heterocycles. The third-order valence-corrected chi connectivity index (χ3v) is 3.61. The third-order valence-electron chi connectivity index (χ3n) is 2.64. The molecule has 0 saturated heterocycles. The van der Waals surface area contributed by atoms with Crippen molar-refractivity contribution in [2.45, 2.75) is 11.8 Å². The fourth-order valence-electron chi connectivity index (χ4n) is 1.88. The quantitative estimate of drug-likeness (QED) is 0.768. The number of hydrogen-bond acceptors (Lipinski definition) is 2. The van der Waals surface area contributed by atoms with E-state index in [0.29, 0.717) is 15.8 Å². The van der Waals surface area contributed by atoms with Crippen molar-refractivity contribution in [2.24, 2.45) is 0 Å². The Bertz CT molecular complexity index is 635. The van der Waals surface area contributed by atoms with Gasteiger partial charge in [-0.1, -0.05) is 12.1 Å². The molecule has 88 valence electrons. The molecule has 0 bridgehead atoms. The van der Waals surface area contributed by atoms with Crippen molar-refractivity contribution >= 4 is 27.4 Å². The molecule has 0 N–H and O–H groups in total. The van der Waals surface area contributed by atoms with Crippen LogP contribution in [0.25, 0.3) is 10.8 Å². The lowest BCUT2D eigenvalue weighted by Crippen LogP contribution is -1.99. The van der Waals surface area contributed by atoms with Crippen molar-refractivity contribution in [3.8, 4) is 0 Å². The van der Waals surface area contributed by atoms with Crippen molar-refractivity contribution in [3.63, 3.8) is 0 Å². The fraction of sp³-hybridized carbons (Fsp3) is 0.154. The topological polar surface area (TPSA) is 34.1 Å². The molecule has 0 saturated carbocycles. The molecule has 4 heteroatoms. The van der Waals surface area contributed by atoms with Crippen LogP contribution >= 0.6 is 0 Å². The summed E-state index contributed by atoms with van der Waals surface area (Å²) in [5.74, 6) is -0.659. The minimum absolute atomic E-state index is 0.200. The molecule has 2 aromatic carbocycles. The average molecular weight is 250 g/mol. The smallest absolute Gasteiger partial charge is 0.160 e. The van der Waals surface area contributed by atoms with Crippen LogP contribution < -0.4 is 0 Å². The first-order chi connectivity index (χ1) is 8.02. The lowest BCUT2D eigenvalue weighted by Gasteiger charge is -2.08. The van der Waals surface area contributed by atoms with E-state index >= 15 is 0 Å².